The van der Waals surface area contributed by atoms with Crippen molar-refractivity contribution in [1.29, 1.82) is 0 Å². The molecule has 1 aromatic heterocycles. The molecule has 1 amide bonds. The SMILES string of the molecule is Cn1cc(CNC(=O)OCc2ccccc2)ccc1=O. The summed E-state index contributed by atoms with van der Waals surface area (Å²) >= 11 is 0. The first-order chi connectivity index (χ1) is 9.65. The Morgan fingerprint density at radius 2 is 1.90 bits per heavy atom. The Hall–Kier alpha value is -2.56. The van der Waals surface area contributed by atoms with Gasteiger partial charge in [-0.15, -0.1) is 0 Å². The second-order valence-electron chi connectivity index (χ2n) is 4.40. The Labute approximate surface area is 116 Å². The lowest BCUT2D eigenvalue weighted by atomic mass is 10.2. The fourth-order valence-electron chi connectivity index (χ4n) is 1.70. The minimum atomic E-state index is -0.484. The van der Waals surface area contributed by atoms with Gasteiger partial charge in [0.25, 0.3) is 0 Å². The number of alkyl carbamates (subject to hydrolysis) is 1. The van der Waals surface area contributed by atoms with Gasteiger partial charge in [0, 0.05) is 25.9 Å². The van der Waals surface area contributed by atoms with E-state index in [1.807, 2.05) is 30.3 Å². The number of amides is 1. The molecule has 0 aliphatic rings. The number of hydrogen-bond acceptors (Lipinski definition) is 3. The second-order valence-corrected chi connectivity index (χ2v) is 4.40. The van der Waals surface area contributed by atoms with Crippen LogP contribution in [0.4, 0.5) is 4.79 Å². The molecule has 104 valence electrons. The minimum Gasteiger partial charge on any atom is -0.445 e. The molecule has 1 heterocycles. The topological polar surface area (TPSA) is 60.3 Å². The quantitative estimate of drug-likeness (QED) is 0.923. The highest BCUT2D eigenvalue weighted by molar-refractivity contribution is 5.67. The van der Waals surface area contributed by atoms with E-state index in [0.717, 1.165) is 11.1 Å². The highest BCUT2D eigenvalue weighted by atomic mass is 16.5. The van der Waals surface area contributed by atoms with Crippen molar-refractivity contribution in [3.63, 3.8) is 0 Å². The number of pyridine rings is 1. The Bertz CT molecular complexity index is 635. The largest absolute Gasteiger partial charge is 0.445 e. The third-order valence-electron chi connectivity index (χ3n) is 2.80. The summed E-state index contributed by atoms with van der Waals surface area (Å²) in [5.41, 5.74) is 1.69. The van der Waals surface area contributed by atoms with Crippen LogP contribution < -0.4 is 10.9 Å². The van der Waals surface area contributed by atoms with Crippen molar-refractivity contribution in [2.45, 2.75) is 13.2 Å². The van der Waals surface area contributed by atoms with Gasteiger partial charge in [-0.2, -0.15) is 0 Å². The van der Waals surface area contributed by atoms with Crippen molar-refractivity contribution in [2.75, 3.05) is 0 Å². The molecule has 0 atom stereocenters. The van der Waals surface area contributed by atoms with Gasteiger partial charge in [-0.1, -0.05) is 36.4 Å². The smallest absolute Gasteiger partial charge is 0.407 e. The first-order valence-electron chi connectivity index (χ1n) is 6.25. The molecular weight excluding hydrogens is 256 g/mol. The third-order valence-corrected chi connectivity index (χ3v) is 2.80. The van der Waals surface area contributed by atoms with Crippen LogP contribution in [0.1, 0.15) is 11.1 Å². The van der Waals surface area contributed by atoms with Gasteiger partial charge in [0.05, 0.1) is 0 Å². The Balaban J connectivity index is 1.80. The Morgan fingerprint density at radius 3 is 2.60 bits per heavy atom. The van der Waals surface area contributed by atoms with Crippen LogP contribution in [0.3, 0.4) is 0 Å². The van der Waals surface area contributed by atoms with Crippen LogP contribution >= 0.6 is 0 Å². The molecule has 0 aliphatic carbocycles. The van der Waals surface area contributed by atoms with Crippen molar-refractivity contribution in [3.8, 4) is 0 Å². The predicted octanol–water partition coefficient (Wildman–Crippen LogP) is 1.81. The maximum absolute atomic E-state index is 11.5. The zero-order valence-electron chi connectivity index (χ0n) is 11.2. The number of aromatic nitrogens is 1. The standard InChI is InChI=1S/C15H16N2O3/c1-17-10-13(7-8-14(17)18)9-16-15(19)20-11-12-5-3-2-4-6-12/h2-8,10H,9,11H2,1H3,(H,16,19). The van der Waals surface area contributed by atoms with E-state index in [9.17, 15) is 9.59 Å². The van der Waals surface area contributed by atoms with Gasteiger partial charge in [-0.25, -0.2) is 4.79 Å². The highest BCUT2D eigenvalue weighted by Gasteiger charge is 2.03. The molecule has 20 heavy (non-hydrogen) atoms. The van der Waals surface area contributed by atoms with Crippen LogP contribution in [-0.2, 0) is 24.9 Å². The lowest BCUT2D eigenvalue weighted by molar-refractivity contribution is 0.139. The average molecular weight is 272 g/mol. The van der Waals surface area contributed by atoms with Gasteiger partial charge in [-0.3, -0.25) is 4.79 Å². The van der Waals surface area contributed by atoms with E-state index in [1.54, 1.807) is 19.3 Å². The monoisotopic (exact) mass is 272 g/mol. The van der Waals surface area contributed by atoms with Crippen LogP contribution in [0.2, 0.25) is 0 Å². The fourth-order valence-corrected chi connectivity index (χ4v) is 1.70. The van der Waals surface area contributed by atoms with E-state index in [4.69, 9.17) is 4.74 Å². The van der Waals surface area contributed by atoms with Gasteiger partial charge in [0.15, 0.2) is 0 Å². The van der Waals surface area contributed by atoms with Crippen molar-refractivity contribution >= 4 is 6.09 Å². The maximum Gasteiger partial charge on any atom is 0.407 e. The summed E-state index contributed by atoms with van der Waals surface area (Å²) < 4.78 is 6.55. The molecule has 0 fully saturated rings. The van der Waals surface area contributed by atoms with Gasteiger partial charge >= 0.3 is 6.09 Å². The summed E-state index contributed by atoms with van der Waals surface area (Å²) in [6, 6.07) is 12.6. The van der Waals surface area contributed by atoms with Crippen molar-refractivity contribution in [3.05, 3.63) is 70.1 Å². The number of nitrogens with one attached hydrogen (secondary N) is 1. The van der Waals surface area contributed by atoms with Crippen molar-refractivity contribution in [2.24, 2.45) is 7.05 Å². The number of benzene rings is 1. The van der Waals surface area contributed by atoms with Crippen LogP contribution in [0.25, 0.3) is 0 Å². The molecule has 1 aromatic carbocycles. The fraction of sp³-hybridized carbons (Fsp3) is 0.200. The molecule has 0 radical (unpaired) electrons. The van der Waals surface area contributed by atoms with E-state index in [-0.39, 0.29) is 12.2 Å². The van der Waals surface area contributed by atoms with Crippen LogP contribution in [0.5, 0.6) is 0 Å². The number of carbonyl (C=O) groups excluding carboxylic acids is 1. The molecule has 5 nitrogen and oxygen atoms in total. The first-order valence-corrected chi connectivity index (χ1v) is 6.25. The molecule has 0 aliphatic heterocycles. The van der Waals surface area contributed by atoms with Crippen LogP contribution in [0.15, 0.2) is 53.5 Å². The maximum atomic E-state index is 11.5. The van der Waals surface area contributed by atoms with Crippen molar-refractivity contribution in [1.82, 2.24) is 9.88 Å². The second kappa shape index (κ2) is 6.56. The van der Waals surface area contributed by atoms with Gasteiger partial charge < -0.3 is 14.6 Å². The molecule has 2 aromatic rings. The summed E-state index contributed by atoms with van der Waals surface area (Å²) in [5, 5.41) is 2.64. The number of carbonyl (C=O) groups is 1. The molecule has 1 N–H and O–H groups in total. The zero-order chi connectivity index (χ0) is 14.4. The first kappa shape index (κ1) is 13.9. The molecule has 5 heteroatoms. The molecule has 0 unspecified atom stereocenters. The summed E-state index contributed by atoms with van der Waals surface area (Å²) in [4.78, 5) is 22.8. The number of rotatable bonds is 4. The molecule has 0 saturated heterocycles. The molecule has 0 bridgehead atoms. The number of aryl methyl sites for hydroxylation is 1. The van der Waals surface area contributed by atoms with Gasteiger partial charge in [0.1, 0.15) is 6.61 Å². The lowest BCUT2D eigenvalue weighted by Gasteiger charge is -2.08. The van der Waals surface area contributed by atoms with Gasteiger partial charge in [0.2, 0.25) is 5.56 Å². The minimum absolute atomic E-state index is 0.0830. The van der Waals surface area contributed by atoms with Crippen LogP contribution in [-0.4, -0.2) is 10.7 Å². The van der Waals surface area contributed by atoms with E-state index >= 15 is 0 Å². The van der Waals surface area contributed by atoms with E-state index in [1.165, 1.54) is 10.6 Å². The summed E-state index contributed by atoms with van der Waals surface area (Å²) in [5.74, 6) is 0. The van der Waals surface area contributed by atoms with Gasteiger partial charge in [-0.05, 0) is 11.1 Å². The Morgan fingerprint density at radius 1 is 1.15 bits per heavy atom. The molecular formula is C15H16N2O3. The number of hydrogen-bond donors (Lipinski definition) is 1. The zero-order valence-corrected chi connectivity index (χ0v) is 11.2. The lowest BCUT2D eigenvalue weighted by Crippen LogP contribution is -2.25. The summed E-state index contributed by atoms with van der Waals surface area (Å²) in [7, 11) is 1.67. The summed E-state index contributed by atoms with van der Waals surface area (Å²) in [6.45, 7) is 0.557. The third kappa shape index (κ3) is 3.98. The number of ether oxygens (including phenoxy) is 1. The molecule has 0 saturated carbocycles. The highest BCUT2D eigenvalue weighted by Crippen LogP contribution is 2.01. The van der Waals surface area contributed by atoms with E-state index in [2.05, 4.69) is 5.32 Å². The van der Waals surface area contributed by atoms with E-state index < -0.39 is 6.09 Å². The normalized spacial score (nSPS) is 10.1. The molecule has 0 spiro atoms. The Kier molecular flexibility index (Phi) is 4.55. The van der Waals surface area contributed by atoms with Crippen LogP contribution in [0, 0.1) is 0 Å². The van der Waals surface area contributed by atoms with Crippen molar-refractivity contribution < 1.29 is 9.53 Å². The number of nitrogens with zero attached hydrogens (tertiary/aromatic N) is 1. The summed E-state index contributed by atoms with van der Waals surface area (Å²) in [6.07, 6.45) is 1.20. The molecule has 2 rings (SSSR count). The predicted molar refractivity (Wildman–Crippen MR) is 75.1 cm³/mol. The van der Waals surface area contributed by atoms with E-state index in [0.29, 0.717) is 6.54 Å². The average Bonchev–Trinajstić information content (AvgIpc) is 2.47.